The molecule has 0 saturated carbocycles. The smallest absolute Gasteiger partial charge is 0.318 e. The van der Waals surface area contributed by atoms with Crippen LogP contribution < -0.4 is 10.7 Å². The van der Waals surface area contributed by atoms with Gasteiger partial charge in [0.25, 0.3) is 5.69 Å². The monoisotopic (exact) mass is 330 g/mol. The number of nitro groups is 1. The first-order valence-corrected chi connectivity index (χ1v) is 6.60. The Hall–Kier alpha value is -3.62. The molecule has 0 spiro atoms. The van der Waals surface area contributed by atoms with Crippen molar-refractivity contribution in [3.8, 4) is 0 Å². The van der Waals surface area contributed by atoms with Crippen LogP contribution in [-0.2, 0) is 9.59 Å². The fraction of sp³-hybridized carbons (Fsp3) is 0. The van der Waals surface area contributed by atoms with Crippen LogP contribution in [0.4, 0.5) is 15.8 Å². The molecule has 2 amide bonds. The van der Waals surface area contributed by atoms with E-state index < -0.39 is 22.6 Å². The lowest BCUT2D eigenvalue weighted by atomic mass is 10.2. The Balaban J connectivity index is 1.88. The normalized spacial score (nSPS) is 10.4. The van der Waals surface area contributed by atoms with Crippen molar-refractivity contribution in [2.45, 2.75) is 0 Å². The Morgan fingerprint density at radius 3 is 2.25 bits per heavy atom. The van der Waals surface area contributed by atoms with Crippen molar-refractivity contribution in [3.63, 3.8) is 0 Å². The number of carbonyl (C=O) groups is 2. The van der Waals surface area contributed by atoms with Crippen LogP contribution in [-0.4, -0.2) is 23.0 Å². The molecule has 0 aliphatic heterocycles. The van der Waals surface area contributed by atoms with E-state index >= 15 is 0 Å². The van der Waals surface area contributed by atoms with E-state index in [0.717, 1.165) is 12.1 Å². The number of amides is 2. The van der Waals surface area contributed by atoms with Crippen LogP contribution in [0.25, 0.3) is 0 Å². The van der Waals surface area contributed by atoms with E-state index in [1.54, 1.807) is 0 Å². The lowest BCUT2D eigenvalue weighted by Crippen LogP contribution is -2.32. The number of non-ortho nitro benzene ring substituents is 1. The predicted octanol–water partition coefficient (Wildman–Crippen LogP) is 1.82. The molecule has 8 nitrogen and oxygen atoms in total. The summed E-state index contributed by atoms with van der Waals surface area (Å²) in [6.07, 6.45) is 1.23. The molecule has 9 heteroatoms. The maximum Gasteiger partial charge on any atom is 0.329 e. The average Bonchev–Trinajstić information content (AvgIpc) is 2.57. The van der Waals surface area contributed by atoms with E-state index in [9.17, 15) is 24.1 Å². The topological polar surface area (TPSA) is 114 Å². The van der Waals surface area contributed by atoms with Crippen LogP contribution in [0.5, 0.6) is 0 Å². The van der Waals surface area contributed by atoms with Crippen molar-refractivity contribution in [1.82, 2.24) is 5.43 Å². The van der Waals surface area contributed by atoms with Crippen molar-refractivity contribution in [2.24, 2.45) is 5.10 Å². The van der Waals surface area contributed by atoms with E-state index in [4.69, 9.17) is 0 Å². The molecule has 0 fully saturated rings. The van der Waals surface area contributed by atoms with Crippen LogP contribution in [0, 0.1) is 15.9 Å². The highest BCUT2D eigenvalue weighted by Crippen LogP contribution is 2.10. The third-order valence-corrected chi connectivity index (χ3v) is 2.79. The van der Waals surface area contributed by atoms with E-state index in [2.05, 4.69) is 10.4 Å². The average molecular weight is 330 g/mol. The van der Waals surface area contributed by atoms with E-state index in [1.165, 1.54) is 42.6 Å². The Morgan fingerprint density at radius 2 is 1.67 bits per heavy atom. The molecule has 0 unspecified atom stereocenters. The molecule has 0 aromatic heterocycles. The van der Waals surface area contributed by atoms with Gasteiger partial charge in [-0.05, 0) is 42.0 Å². The second-order valence-corrected chi connectivity index (χ2v) is 4.51. The van der Waals surface area contributed by atoms with Crippen molar-refractivity contribution in [3.05, 3.63) is 70.0 Å². The first-order chi connectivity index (χ1) is 11.5. The Labute approximate surface area is 135 Å². The second kappa shape index (κ2) is 7.58. The van der Waals surface area contributed by atoms with Gasteiger partial charge in [0.2, 0.25) is 0 Å². The van der Waals surface area contributed by atoms with E-state index in [1.807, 2.05) is 5.43 Å². The fourth-order valence-corrected chi connectivity index (χ4v) is 1.62. The lowest BCUT2D eigenvalue weighted by Gasteiger charge is -2.03. The van der Waals surface area contributed by atoms with Gasteiger partial charge in [-0.1, -0.05) is 0 Å². The van der Waals surface area contributed by atoms with Gasteiger partial charge in [-0.15, -0.1) is 0 Å². The predicted molar refractivity (Wildman–Crippen MR) is 83.9 cm³/mol. The number of hydrazone groups is 1. The van der Waals surface area contributed by atoms with Crippen LogP contribution in [0.2, 0.25) is 0 Å². The highest BCUT2D eigenvalue weighted by atomic mass is 19.1. The van der Waals surface area contributed by atoms with Gasteiger partial charge in [0, 0.05) is 17.8 Å². The number of halogens is 1. The molecular formula is C15H11FN4O4. The molecule has 2 aromatic carbocycles. The Bertz CT molecular complexity index is 788. The summed E-state index contributed by atoms with van der Waals surface area (Å²) in [4.78, 5) is 33.1. The van der Waals surface area contributed by atoms with Gasteiger partial charge in [0.1, 0.15) is 5.82 Å². The van der Waals surface area contributed by atoms with Crippen LogP contribution in [0.1, 0.15) is 5.56 Å². The molecule has 2 N–H and O–H groups in total. The minimum absolute atomic E-state index is 0.0742. The summed E-state index contributed by atoms with van der Waals surface area (Å²) in [6.45, 7) is 0. The van der Waals surface area contributed by atoms with Crippen LogP contribution >= 0.6 is 0 Å². The van der Waals surface area contributed by atoms with Gasteiger partial charge in [0.05, 0.1) is 11.1 Å². The Morgan fingerprint density at radius 1 is 1.04 bits per heavy atom. The number of anilines is 1. The molecule has 0 heterocycles. The quantitative estimate of drug-likeness (QED) is 0.385. The number of hydrogen-bond donors (Lipinski definition) is 2. The number of benzene rings is 2. The lowest BCUT2D eigenvalue weighted by molar-refractivity contribution is -0.384. The summed E-state index contributed by atoms with van der Waals surface area (Å²) in [5, 5.41) is 16.4. The number of rotatable bonds is 4. The van der Waals surface area contributed by atoms with Crippen molar-refractivity contribution >= 4 is 29.4 Å². The summed E-state index contributed by atoms with van der Waals surface area (Å²) in [5.74, 6) is -2.45. The molecular weight excluding hydrogens is 319 g/mol. The van der Waals surface area contributed by atoms with Gasteiger partial charge < -0.3 is 5.32 Å². The van der Waals surface area contributed by atoms with Crippen molar-refractivity contribution in [2.75, 3.05) is 5.32 Å². The summed E-state index contributed by atoms with van der Waals surface area (Å²) < 4.78 is 12.7. The summed E-state index contributed by atoms with van der Waals surface area (Å²) in [5.41, 5.74) is 2.70. The third kappa shape index (κ3) is 4.70. The number of nitrogens with zero attached hydrogens (tertiary/aromatic N) is 2. The Kier molecular flexibility index (Phi) is 5.29. The number of hydrogen-bond acceptors (Lipinski definition) is 5. The van der Waals surface area contributed by atoms with Gasteiger partial charge in [0.15, 0.2) is 0 Å². The minimum Gasteiger partial charge on any atom is -0.318 e. The number of nitrogens with one attached hydrogen (secondary N) is 2. The molecule has 0 aliphatic rings. The summed E-state index contributed by atoms with van der Waals surface area (Å²) in [7, 11) is 0. The second-order valence-electron chi connectivity index (χ2n) is 4.51. The molecule has 122 valence electrons. The van der Waals surface area contributed by atoms with E-state index in [-0.39, 0.29) is 11.4 Å². The zero-order valence-corrected chi connectivity index (χ0v) is 12.1. The van der Waals surface area contributed by atoms with Gasteiger partial charge in [-0.3, -0.25) is 19.7 Å². The summed E-state index contributed by atoms with van der Waals surface area (Å²) >= 11 is 0. The van der Waals surface area contributed by atoms with Gasteiger partial charge >= 0.3 is 11.8 Å². The molecule has 2 aromatic rings. The standard InChI is InChI=1S/C15H11FN4O4/c16-11-3-5-12(6-4-11)18-14(21)15(22)19-17-9-10-1-7-13(8-2-10)20(23)24/h1-9H,(H,18,21)(H,19,22)/b17-9+. The fourth-order valence-electron chi connectivity index (χ4n) is 1.62. The highest BCUT2D eigenvalue weighted by Gasteiger charge is 2.12. The number of carbonyl (C=O) groups excluding carboxylic acids is 2. The molecule has 24 heavy (non-hydrogen) atoms. The maximum atomic E-state index is 12.7. The zero-order chi connectivity index (χ0) is 17.5. The van der Waals surface area contributed by atoms with Gasteiger partial charge in [-0.25, -0.2) is 9.82 Å². The zero-order valence-electron chi connectivity index (χ0n) is 12.1. The first-order valence-electron chi connectivity index (χ1n) is 6.60. The summed E-state index contributed by atoms with van der Waals surface area (Å²) in [6, 6.07) is 10.3. The van der Waals surface area contributed by atoms with Crippen molar-refractivity contribution in [1.29, 1.82) is 0 Å². The highest BCUT2D eigenvalue weighted by molar-refractivity contribution is 6.39. The third-order valence-electron chi connectivity index (χ3n) is 2.79. The van der Waals surface area contributed by atoms with Crippen LogP contribution in [0.3, 0.4) is 0 Å². The molecule has 0 bridgehead atoms. The van der Waals surface area contributed by atoms with Crippen molar-refractivity contribution < 1.29 is 18.9 Å². The molecule has 0 aliphatic carbocycles. The first kappa shape index (κ1) is 16.7. The molecule has 0 atom stereocenters. The molecule has 0 radical (unpaired) electrons. The maximum absolute atomic E-state index is 12.7. The largest absolute Gasteiger partial charge is 0.329 e. The number of nitro benzene ring substituents is 1. The van der Waals surface area contributed by atoms with Gasteiger partial charge in [-0.2, -0.15) is 5.10 Å². The minimum atomic E-state index is -1.02. The van der Waals surface area contributed by atoms with E-state index in [0.29, 0.717) is 5.56 Å². The van der Waals surface area contributed by atoms with Crippen LogP contribution in [0.15, 0.2) is 53.6 Å². The molecule has 0 saturated heterocycles. The molecule has 2 rings (SSSR count). The SMILES string of the molecule is O=C(N/N=C/c1ccc([N+](=O)[O-])cc1)C(=O)Nc1ccc(F)cc1.